The molecule has 0 radical (unpaired) electrons. The molecule has 27 heavy (non-hydrogen) atoms. The van der Waals surface area contributed by atoms with E-state index in [-0.39, 0.29) is 29.7 Å². The average Bonchev–Trinajstić information content (AvgIpc) is 3.08. The third-order valence-corrected chi connectivity index (χ3v) is 5.38. The molecule has 2 aromatic rings. The summed E-state index contributed by atoms with van der Waals surface area (Å²) in [4.78, 5) is 30.6. The van der Waals surface area contributed by atoms with Crippen LogP contribution in [0.3, 0.4) is 0 Å². The minimum Gasteiger partial charge on any atom is -0.373 e. The highest BCUT2D eigenvalue weighted by molar-refractivity contribution is 5.76. The summed E-state index contributed by atoms with van der Waals surface area (Å²) >= 11 is 0. The predicted molar refractivity (Wildman–Crippen MR) is 101 cm³/mol. The van der Waals surface area contributed by atoms with Gasteiger partial charge in [-0.2, -0.15) is 0 Å². The first kappa shape index (κ1) is 17.7. The molecule has 0 saturated carbocycles. The van der Waals surface area contributed by atoms with Gasteiger partial charge < -0.3 is 19.5 Å². The van der Waals surface area contributed by atoms with Gasteiger partial charge in [-0.15, -0.1) is 0 Å². The van der Waals surface area contributed by atoms with Gasteiger partial charge in [-0.3, -0.25) is 9.59 Å². The van der Waals surface area contributed by atoms with Crippen molar-refractivity contribution in [1.82, 2.24) is 14.5 Å². The van der Waals surface area contributed by atoms with Crippen LogP contribution in [0.5, 0.6) is 0 Å². The van der Waals surface area contributed by atoms with Crippen molar-refractivity contribution in [3.8, 4) is 0 Å². The molecule has 0 aliphatic carbocycles. The second kappa shape index (κ2) is 7.52. The summed E-state index contributed by atoms with van der Waals surface area (Å²) in [6.07, 6.45) is 6.02. The summed E-state index contributed by atoms with van der Waals surface area (Å²) in [6, 6.07) is 11.0. The molecule has 0 bridgehead atoms. The Morgan fingerprint density at radius 2 is 2.19 bits per heavy atom. The number of rotatable bonds is 4. The van der Waals surface area contributed by atoms with Crippen molar-refractivity contribution in [1.29, 1.82) is 0 Å². The quantitative estimate of drug-likeness (QED) is 0.885. The molecule has 1 N–H and O–H groups in total. The summed E-state index contributed by atoms with van der Waals surface area (Å²) in [7, 11) is 0. The Labute approximate surface area is 158 Å². The van der Waals surface area contributed by atoms with E-state index in [9.17, 15) is 9.59 Å². The fourth-order valence-electron chi connectivity index (χ4n) is 3.99. The minimum absolute atomic E-state index is 0.0383. The lowest BCUT2D eigenvalue weighted by Gasteiger charge is -2.38. The van der Waals surface area contributed by atoms with Crippen LogP contribution in [0.1, 0.15) is 19.3 Å². The monoisotopic (exact) mass is 368 g/mol. The number of anilines is 1. The van der Waals surface area contributed by atoms with Gasteiger partial charge in [0.25, 0.3) is 5.56 Å². The van der Waals surface area contributed by atoms with E-state index in [1.807, 2.05) is 23.1 Å². The number of nitrogens with zero attached hydrogens (tertiary/aromatic N) is 3. The topological polar surface area (TPSA) is 76.5 Å². The summed E-state index contributed by atoms with van der Waals surface area (Å²) in [5.74, 6) is 0.831. The maximum absolute atomic E-state index is 12.7. The van der Waals surface area contributed by atoms with Crippen LogP contribution in [0.4, 0.5) is 5.82 Å². The molecule has 1 amide bonds. The Bertz CT molecular complexity index is 854. The molecule has 7 heteroatoms. The number of likely N-dealkylation sites (tertiary alicyclic amines) is 1. The molecule has 2 aliphatic heterocycles. The molecule has 2 fully saturated rings. The largest absolute Gasteiger partial charge is 0.373 e. The number of carbonyl (C=O) groups is 1. The third kappa shape index (κ3) is 4.03. The zero-order valence-corrected chi connectivity index (χ0v) is 15.2. The highest BCUT2D eigenvalue weighted by Gasteiger charge is 2.44. The number of carbonyl (C=O) groups excluding carboxylic acids is 1. The fraction of sp³-hybridized carbons (Fsp3) is 0.450. The molecular weight excluding hydrogens is 344 g/mol. The van der Waals surface area contributed by atoms with Crippen LogP contribution in [0, 0.1) is 0 Å². The van der Waals surface area contributed by atoms with Crippen LogP contribution < -0.4 is 10.9 Å². The summed E-state index contributed by atoms with van der Waals surface area (Å²) < 4.78 is 7.57. The van der Waals surface area contributed by atoms with Gasteiger partial charge in [0.2, 0.25) is 5.91 Å². The Morgan fingerprint density at radius 3 is 3.00 bits per heavy atom. The predicted octanol–water partition coefficient (Wildman–Crippen LogP) is 1.51. The molecule has 0 unspecified atom stereocenters. The molecule has 142 valence electrons. The number of pyridine rings is 2. The molecule has 2 aliphatic rings. The molecule has 4 heterocycles. The SMILES string of the molecule is O=C(Cn1ccccc1=O)N1CC[C@@]2(C[C@H](Nc3ccccn3)CCO2)C1. The van der Waals surface area contributed by atoms with Crippen LogP contribution in [-0.4, -0.2) is 51.7 Å². The van der Waals surface area contributed by atoms with E-state index in [0.29, 0.717) is 19.7 Å². The molecule has 1 spiro atoms. The van der Waals surface area contributed by atoms with Gasteiger partial charge in [-0.1, -0.05) is 12.1 Å². The molecule has 4 rings (SSSR count). The van der Waals surface area contributed by atoms with Gasteiger partial charge >= 0.3 is 0 Å². The molecule has 2 aromatic heterocycles. The Balaban J connectivity index is 1.38. The van der Waals surface area contributed by atoms with E-state index in [1.54, 1.807) is 24.5 Å². The maximum Gasteiger partial charge on any atom is 0.250 e. The second-order valence-corrected chi connectivity index (χ2v) is 7.31. The molecule has 2 saturated heterocycles. The van der Waals surface area contributed by atoms with Gasteiger partial charge in [-0.25, -0.2) is 4.98 Å². The van der Waals surface area contributed by atoms with Gasteiger partial charge in [0.15, 0.2) is 0 Å². The number of hydrogen-bond donors (Lipinski definition) is 1. The fourth-order valence-corrected chi connectivity index (χ4v) is 3.99. The van der Waals surface area contributed by atoms with E-state index in [4.69, 9.17) is 4.74 Å². The lowest BCUT2D eigenvalue weighted by Crippen LogP contribution is -2.47. The van der Waals surface area contributed by atoms with E-state index < -0.39 is 0 Å². The molecule has 2 atom stereocenters. The van der Waals surface area contributed by atoms with Crippen LogP contribution in [0.15, 0.2) is 53.6 Å². The van der Waals surface area contributed by atoms with Crippen LogP contribution in [0.25, 0.3) is 0 Å². The summed E-state index contributed by atoms with van der Waals surface area (Å²) in [5, 5.41) is 3.48. The average molecular weight is 368 g/mol. The lowest BCUT2D eigenvalue weighted by molar-refractivity contribution is -0.133. The van der Waals surface area contributed by atoms with Gasteiger partial charge in [0.1, 0.15) is 12.4 Å². The van der Waals surface area contributed by atoms with Crippen molar-refractivity contribution in [2.24, 2.45) is 0 Å². The van der Waals surface area contributed by atoms with Crippen LogP contribution in [0.2, 0.25) is 0 Å². The first-order valence-corrected chi connectivity index (χ1v) is 9.38. The molecule has 7 nitrogen and oxygen atoms in total. The van der Waals surface area contributed by atoms with E-state index in [2.05, 4.69) is 10.3 Å². The van der Waals surface area contributed by atoms with E-state index in [1.165, 1.54) is 10.6 Å². The molecule has 0 aromatic carbocycles. The van der Waals surface area contributed by atoms with Crippen molar-refractivity contribution in [3.05, 3.63) is 59.1 Å². The van der Waals surface area contributed by atoms with Crippen molar-refractivity contribution >= 4 is 11.7 Å². The smallest absolute Gasteiger partial charge is 0.250 e. The lowest BCUT2D eigenvalue weighted by atomic mass is 9.89. The highest BCUT2D eigenvalue weighted by atomic mass is 16.5. The Hall–Kier alpha value is -2.67. The Morgan fingerprint density at radius 1 is 1.30 bits per heavy atom. The number of amides is 1. The highest BCUT2D eigenvalue weighted by Crippen LogP contribution is 2.35. The summed E-state index contributed by atoms with van der Waals surface area (Å²) in [5.41, 5.74) is -0.463. The standard InChI is InChI=1S/C20H24N4O3/c25-18-6-2-4-10-23(18)14-19(26)24-11-8-20(15-24)13-16(7-12-27-20)22-17-5-1-3-9-21-17/h1-6,9-10,16H,7-8,11-15H2,(H,21,22)/t16-,20-/m1/s1. The first-order valence-electron chi connectivity index (χ1n) is 9.38. The van der Waals surface area contributed by atoms with Gasteiger partial charge in [0.05, 0.1) is 5.60 Å². The summed E-state index contributed by atoms with van der Waals surface area (Å²) in [6.45, 7) is 1.99. The second-order valence-electron chi connectivity index (χ2n) is 7.31. The normalized spacial score (nSPS) is 24.9. The number of ether oxygens (including phenoxy) is 1. The first-order chi connectivity index (χ1) is 13.1. The Kier molecular flexibility index (Phi) is 4.94. The molecular formula is C20H24N4O3. The van der Waals surface area contributed by atoms with Crippen molar-refractivity contribution < 1.29 is 9.53 Å². The van der Waals surface area contributed by atoms with Crippen molar-refractivity contribution in [2.45, 2.75) is 37.5 Å². The zero-order valence-electron chi connectivity index (χ0n) is 15.2. The van der Waals surface area contributed by atoms with Crippen molar-refractivity contribution in [3.63, 3.8) is 0 Å². The number of aromatic nitrogens is 2. The maximum atomic E-state index is 12.7. The minimum atomic E-state index is -0.304. The van der Waals surface area contributed by atoms with E-state index in [0.717, 1.165) is 25.1 Å². The van der Waals surface area contributed by atoms with Crippen LogP contribution >= 0.6 is 0 Å². The third-order valence-electron chi connectivity index (χ3n) is 5.38. The van der Waals surface area contributed by atoms with E-state index >= 15 is 0 Å². The number of hydrogen-bond acceptors (Lipinski definition) is 5. The van der Waals surface area contributed by atoms with Gasteiger partial charge in [-0.05, 0) is 37.5 Å². The number of nitrogens with one attached hydrogen (secondary N) is 1. The zero-order chi connectivity index (χ0) is 18.7. The van der Waals surface area contributed by atoms with Gasteiger partial charge in [0, 0.05) is 44.2 Å². The van der Waals surface area contributed by atoms with Crippen LogP contribution in [-0.2, 0) is 16.1 Å². The van der Waals surface area contributed by atoms with Crippen molar-refractivity contribution in [2.75, 3.05) is 25.0 Å².